The number of H-pyrrole nitrogens is 1. The summed E-state index contributed by atoms with van der Waals surface area (Å²) in [6.07, 6.45) is 11.5. The molecule has 0 bridgehead atoms. The van der Waals surface area contributed by atoms with Crippen molar-refractivity contribution >= 4 is 54.9 Å². The predicted octanol–water partition coefficient (Wildman–Crippen LogP) is 3.64. The molecule has 1 aliphatic rings. The van der Waals surface area contributed by atoms with Crippen LogP contribution in [0.4, 0.5) is 0 Å². The molecular formula is C35H58Cl3N7O4. The van der Waals surface area contributed by atoms with Gasteiger partial charge in [0, 0.05) is 37.8 Å². The fraction of sp³-hybridized carbons (Fsp3) is 0.600. The molecule has 8 N–H and O–H groups in total. The predicted molar refractivity (Wildman–Crippen MR) is 202 cm³/mol. The van der Waals surface area contributed by atoms with Gasteiger partial charge < -0.3 is 37.1 Å². The van der Waals surface area contributed by atoms with E-state index in [1.807, 2.05) is 36.4 Å². The molecule has 49 heavy (non-hydrogen) atoms. The van der Waals surface area contributed by atoms with Crippen LogP contribution in [-0.4, -0.2) is 76.7 Å². The van der Waals surface area contributed by atoms with Gasteiger partial charge in [-0.25, -0.2) is 4.98 Å². The summed E-state index contributed by atoms with van der Waals surface area (Å²) in [7, 11) is 0. The molecule has 1 aliphatic carbocycles. The van der Waals surface area contributed by atoms with Crippen LogP contribution in [0, 0.1) is 17.8 Å². The summed E-state index contributed by atoms with van der Waals surface area (Å²) in [5.41, 5.74) is 7.07. The number of rotatable bonds is 20. The second-order valence-electron chi connectivity index (χ2n) is 12.9. The second kappa shape index (κ2) is 25.3. The van der Waals surface area contributed by atoms with Crippen molar-refractivity contribution in [1.29, 1.82) is 0 Å². The maximum absolute atomic E-state index is 14.0. The van der Waals surface area contributed by atoms with Crippen molar-refractivity contribution in [2.75, 3.05) is 19.6 Å². The first-order valence-electron chi connectivity index (χ1n) is 16.8. The van der Waals surface area contributed by atoms with Crippen molar-refractivity contribution in [1.82, 2.24) is 31.2 Å². The SMILES string of the molecule is C=C[C@@H](C[C@H](O)[C@H](CC1CCCCC1)NC(=O)[C@H](Cc1cnc[nH]1)NC(=O)[C@H](Cc1ccccc1)NC(=O)CNCCN)C(C)C.Cl.Cl.Cl. The quantitative estimate of drug-likeness (QED) is 0.0800. The zero-order valence-corrected chi connectivity index (χ0v) is 31.2. The number of nitrogens with one attached hydrogen (secondary N) is 5. The normalized spacial score (nSPS) is 15.9. The Bertz CT molecular complexity index is 1200. The van der Waals surface area contributed by atoms with E-state index in [9.17, 15) is 19.5 Å². The molecule has 5 atom stereocenters. The molecule has 1 saturated carbocycles. The van der Waals surface area contributed by atoms with Crippen molar-refractivity contribution in [3.05, 3.63) is 66.8 Å². The summed E-state index contributed by atoms with van der Waals surface area (Å²) >= 11 is 0. The number of allylic oxidation sites excluding steroid dienone is 1. The number of imidazole rings is 1. The maximum Gasteiger partial charge on any atom is 0.243 e. The van der Waals surface area contributed by atoms with Gasteiger partial charge in [-0.2, -0.15) is 0 Å². The Hall–Kier alpha value is -2.67. The number of amides is 3. The number of carbonyl (C=O) groups excluding carboxylic acids is 3. The molecule has 0 saturated heterocycles. The standard InChI is InChI=1S/C35H55N7O4.3ClH/c1-4-27(24(2)3)19-32(43)29(17-25-11-7-5-8-12-25)41-35(46)31(20-28-21-38-23-39-28)42-34(45)30(18-26-13-9-6-10-14-26)40-33(44)22-37-16-15-36;;;/h4,6,9-10,13-14,21,23-25,27,29-32,37,43H,1,5,7-8,11-12,15-20,22,36H2,2-3H3,(H,38,39)(H,40,44)(H,41,46)(H,42,45);3*1H/t27-,29-,30-,31-,32-;;;/m0.../s1. The van der Waals surface area contributed by atoms with Crippen LogP contribution < -0.4 is 27.0 Å². The number of hydrogen-bond donors (Lipinski definition) is 7. The molecule has 1 fully saturated rings. The molecular weight excluding hydrogens is 689 g/mol. The molecule has 0 unspecified atom stereocenters. The lowest BCUT2D eigenvalue weighted by Gasteiger charge is -2.33. The fourth-order valence-electron chi connectivity index (χ4n) is 6.17. The van der Waals surface area contributed by atoms with Crippen LogP contribution in [-0.2, 0) is 27.2 Å². The number of hydrogen-bond acceptors (Lipinski definition) is 7. The van der Waals surface area contributed by atoms with E-state index in [-0.39, 0.29) is 68.4 Å². The number of aromatic nitrogens is 2. The van der Waals surface area contributed by atoms with E-state index in [1.54, 1.807) is 6.20 Å². The number of nitrogens with zero attached hydrogens (tertiary/aromatic N) is 1. The van der Waals surface area contributed by atoms with Crippen molar-refractivity contribution in [3.63, 3.8) is 0 Å². The van der Waals surface area contributed by atoms with Crippen molar-refractivity contribution in [2.45, 2.75) is 95.9 Å². The zero-order valence-electron chi connectivity index (χ0n) is 28.8. The van der Waals surface area contributed by atoms with E-state index in [4.69, 9.17) is 5.73 Å². The monoisotopic (exact) mass is 745 g/mol. The minimum atomic E-state index is -0.972. The van der Waals surface area contributed by atoms with E-state index in [2.05, 4.69) is 51.7 Å². The van der Waals surface area contributed by atoms with Gasteiger partial charge in [0.15, 0.2) is 0 Å². The van der Waals surface area contributed by atoms with Crippen LogP contribution in [0.25, 0.3) is 0 Å². The van der Waals surface area contributed by atoms with Gasteiger partial charge in [0.05, 0.1) is 25.0 Å². The van der Waals surface area contributed by atoms with E-state index in [1.165, 1.54) is 12.7 Å². The number of aliphatic hydroxyl groups excluding tert-OH is 1. The third-order valence-corrected chi connectivity index (χ3v) is 8.93. The van der Waals surface area contributed by atoms with Gasteiger partial charge in [0.2, 0.25) is 17.7 Å². The van der Waals surface area contributed by atoms with Crippen molar-refractivity contribution in [2.24, 2.45) is 23.5 Å². The Kier molecular flexibility index (Phi) is 23.9. The lowest BCUT2D eigenvalue weighted by Crippen LogP contribution is -2.58. The highest BCUT2D eigenvalue weighted by Crippen LogP contribution is 2.30. The van der Waals surface area contributed by atoms with E-state index >= 15 is 0 Å². The first-order valence-corrected chi connectivity index (χ1v) is 16.8. The van der Waals surface area contributed by atoms with Crippen LogP contribution in [0.1, 0.15) is 70.1 Å². The average Bonchev–Trinajstić information content (AvgIpc) is 3.56. The Balaban J connectivity index is 0.00000768. The third kappa shape index (κ3) is 16.7. The minimum absolute atomic E-state index is 0. The van der Waals surface area contributed by atoms with Crippen molar-refractivity contribution < 1.29 is 19.5 Å². The van der Waals surface area contributed by atoms with Crippen LogP contribution >= 0.6 is 37.2 Å². The average molecular weight is 747 g/mol. The molecule has 3 amide bonds. The summed E-state index contributed by atoms with van der Waals surface area (Å²) in [5, 5.41) is 23.3. The number of halogens is 3. The number of benzene rings is 1. The summed E-state index contributed by atoms with van der Waals surface area (Å²) in [4.78, 5) is 47.7. The molecule has 0 aliphatic heterocycles. The summed E-state index contributed by atoms with van der Waals surface area (Å²) in [6.45, 7) is 9.03. The van der Waals surface area contributed by atoms with Gasteiger partial charge in [0.25, 0.3) is 0 Å². The smallest absolute Gasteiger partial charge is 0.243 e. The lowest BCUT2D eigenvalue weighted by molar-refractivity contribution is -0.132. The lowest BCUT2D eigenvalue weighted by atomic mass is 9.81. The Morgan fingerprint density at radius 1 is 1.00 bits per heavy atom. The van der Waals surface area contributed by atoms with E-state index in [0.717, 1.165) is 31.2 Å². The molecule has 0 spiro atoms. The first kappa shape index (κ1) is 46.3. The summed E-state index contributed by atoms with van der Waals surface area (Å²) < 4.78 is 0. The Labute approximate surface area is 310 Å². The summed E-state index contributed by atoms with van der Waals surface area (Å²) in [6, 6.07) is 7.03. The number of aromatic amines is 1. The molecule has 2 aromatic rings. The van der Waals surface area contributed by atoms with Crippen molar-refractivity contribution in [3.8, 4) is 0 Å². The number of carbonyl (C=O) groups is 3. The van der Waals surface area contributed by atoms with Crippen LogP contribution in [0.2, 0.25) is 0 Å². The second-order valence-corrected chi connectivity index (χ2v) is 12.9. The molecule has 11 nitrogen and oxygen atoms in total. The fourth-order valence-corrected chi connectivity index (χ4v) is 6.17. The largest absolute Gasteiger partial charge is 0.391 e. The molecule has 3 rings (SSSR count). The number of aliphatic hydroxyl groups is 1. The Morgan fingerprint density at radius 2 is 1.65 bits per heavy atom. The van der Waals surface area contributed by atoms with Crippen LogP contribution in [0.15, 0.2) is 55.5 Å². The topological polar surface area (TPSA) is 174 Å². The van der Waals surface area contributed by atoms with E-state index in [0.29, 0.717) is 43.5 Å². The number of nitrogens with two attached hydrogens (primary N) is 1. The highest BCUT2D eigenvalue weighted by Gasteiger charge is 2.32. The van der Waals surface area contributed by atoms with Gasteiger partial charge >= 0.3 is 0 Å². The molecule has 14 heteroatoms. The molecule has 1 aromatic heterocycles. The zero-order chi connectivity index (χ0) is 33.3. The van der Waals surface area contributed by atoms with Gasteiger partial charge in [-0.1, -0.05) is 82.4 Å². The van der Waals surface area contributed by atoms with Crippen LogP contribution in [0.3, 0.4) is 0 Å². The highest BCUT2D eigenvalue weighted by atomic mass is 35.5. The molecule has 278 valence electrons. The Morgan fingerprint density at radius 3 is 2.24 bits per heavy atom. The van der Waals surface area contributed by atoms with Gasteiger partial charge in [-0.05, 0) is 36.2 Å². The van der Waals surface area contributed by atoms with Crippen LogP contribution in [0.5, 0.6) is 0 Å². The molecule has 0 radical (unpaired) electrons. The molecule has 1 aromatic carbocycles. The first-order chi connectivity index (χ1) is 22.2. The molecule has 1 heterocycles. The maximum atomic E-state index is 14.0. The van der Waals surface area contributed by atoms with Gasteiger partial charge in [0.1, 0.15) is 12.1 Å². The van der Waals surface area contributed by atoms with E-state index < -0.39 is 36.0 Å². The highest BCUT2D eigenvalue weighted by molar-refractivity contribution is 5.92. The van der Waals surface area contributed by atoms with Gasteiger partial charge in [-0.3, -0.25) is 14.4 Å². The summed E-state index contributed by atoms with van der Waals surface area (Å²) in [5.74, 6) is -0.412. The minimum Gasteiger partial charge on any atom is -0.391 e. The van der Waals surface area contributed by atoms with Gasteiger partial charge in [-0.15, -0.1) is 43.8 Å². The third-order valence-electron chi connectivity index (χ3n) is 8.93.